The van der Waals surface area contributed by atoms with Crippen molar-refractivity contribution in [3.05, 3.63) is 78.9 Å². The van der Waals surface area contributed by atoms with E-state index in [0.717, 1.165) is 44.5 Å². The summed E-state index contributed by atoms with van der Waals surface area (Å²) in [6, 6.07) is 16.2. The second-order valence-electron chi connectivity index (χ2n) is 7.44. The van der Waals surface area contributed by atoms with Crippen LogP contribution in [0.1, 0.15) is 5.56 Å². The molecule has 7 heteroatoms. The van der Waals surface area contributed by atoms with Gasteiger partial charge in [0.25, 0.3) is 0 Å². The summed E-state index contributed by atoms with van der Waals surface area (Å²) in [5.41, 5.74) is 9.03. The smallest absolute Gasteiger partial charge is 0.161 e. The minimum atomic E-state index is 0.652. The highest BCUT2D eigenvalue weighted by molar-refractivity contribution is 5.95. The third-order valence-corrected chi connectivity index (χ3v) is 5.31. The Balaban J connectivity index is 1.52. The molecule has 31 heavy (non-hydrogen) atoms. The average Bonchev–Trinajstić information content (AvgIpc) is 3.43. The Morgan fingerprint density at radius 3 is 2.58 bits per heavy atom. The normalized spacial score (nSPS) is 11.4. The lowest BCUT2D eigenvalue weighted by atomic mass is 10.0. The number of pyridine rings is 3. The van der Waals surface area contributed by atoms with E-state index < -0.39 is 0 Å². The molecule has 2 N–H and O–H groups in total. The molecule has 148 valence electrons. The molecule has 0 radical (unpaired) electrons. The van der Waals surface area contributed by atoms with Gasteiger partial charge in [0.2, 0.25) is 0 Å². The quantitative estimate of drug-likeness (QED) is 0.437. The number of rotatable bonds is 3. The first-order valence-corrected chi connectivity index (χ1v) is 9.93. The molecule has 0 amide bonds. The number of nitrogens with one attached hydrogen (secondary N) is 2. The molecule has 0 atom stereocenters. The van der Waals surface area contributed by atoms with Crippen LogP contribution in [0.2, 0.25) is 0 Å². The van der Waals surface area contributed by atoms with Crippen LogP contribution in [0.3, 0.4) is 0 Å². The predicted octanol–water partition coefficient (Wildman–Crippen LogP) is 4.93. The highest BCUT2D eigenvalue weighted by Gasteiger charge is 2.17. The summed E-state index contributed by atoms with van der Waals surface area (Å²) in [4.78, 5) is 21.7. The van der Waals surface area contributed by atoms with Crippen LogP contribution in [0.25, 0.3) is 56.0 Å². The van der Waals surface area contributed by atoms with Crippen LogP contribution < -0.4 is 0 Å². The predicted molar refractivity (Wildman–Crippen MR) is 120 cm³/mol. The van der Waals surface area contributed by atoms with Crippen molar-refractivity contribution in [3.63, 3.8) is 0 Å². The second-order valence-corrected chi connectivity index (χ2v) is 7.44. The summed E-state index contributed by atoms with van der Waals surface area (Å²) in [5, 5.41) is 7.55. The van der Waals surface area contributed by atoms with Gasteiger partial charge in [0.1, 0.15) is 5.52 Å². The third-order valence-electron chi connectivity index (χ3n) is 5.31. The van der Waals surface area contributed by atoms with E-state index >= 15 is 0 Å². The first-order valence-electron chi connectivity index (χ1n) is 9.93. The summed E-state index contributed by atoms with van der Waals surface area (Å²) < 4.78 is 0. The van der Waals surface area contributed by atoms with E-state index in [-0.39, 0.29) is 0 Å². The van der Waals surface area contributed by atoms with Gasteiger partial charge in [0, 0.05) is 29.7 Å². The van der Waals surface area contributed by atoms with Crippen LogP contribution in [0.4, 0.5) is 0 Å². The monoisotopic (exact) mass is 403 g/mol. The van der Waals surface area contributed by atoms with Crippen LogP contribution in [-0.4, -0.2) is 35.1 Å². The molecule has 0 unspecified atom stereocenters. The molecule has 7 nitrogen and oxygen atoms in total. The van der Waals surface area contributed by atoms with Gasteiger partial charge in [0.05, 0.1) is 28.4 Å². The SMILES string of the molecule is Cc1cccc(-c2cncc3[nH]c(-c4n[nH]c5ccc(-c6cccnc6)nc45)nc23)c1. The minimum Gasteiger partial charge on any atom is -0.335 e. The fourth-order valence-corrected chi connectivity index (χ4v) is 3.81. The number of benzene rings is 1. The lowest BCUT2D eigenvalue weighted by Gasteiger charge is -2.03. The number of nitrogens with zero attached hydrogens (tertiary/aromatic N) is 5. The zero-order chi connectivity index (χ0) is 20.8. The molecule has 0 aliphatic heterocycles. The zero-order valence-corrected chi connectivity index (χ0v) is 16.7. The molecule has 6 rings (SSSR count). The fraction of sp³-hybridized carbons (Fsp3) is 0.0417. The van der Waals surface area contributed by atoms with Gasteiger partial charge in [-0.25, -0.2) is 9.97 Å². The van der Waals surface area contributed by atoms with Crippen molar-refractivity contribution in [2.75, 3.05) is 0 Å². The van der Waals surface area contributed by atoms with Crippen molar-refractivity contribution in [2.45, 2.75) is 6.92 Å². The molecular weight excluding hydrogens is 386 g/mol. The Hall–Kier alpha value is -4.39. The van der Waals surface area contributed by atoms with Crippen LogP contribution in [-0.2, 0) is 0 Å². The van der Waals surface area contributed by atoms with E-state index in [4.69, 9.17) is 9.97 Å². The first kappa shape index (κ1) is 17.5. The molecule has 1 aromatic carbocycles. The van der Waals surface area contributed by atoms with E-state index in [1.54, 1.807) is 18.6 Å². The number of hydrogen-bond donors (Lipinski definition) is 2. The van der Waals surface area contributed by atoms with Gasteiger partial charge in [-0.05, 0) is 36.8 Å². The molecule has 0 aliphatic carbocycles. The molecule has 5 aromatic heterocycles. The fourth-order valence-electron chi connectivity index (χ4n) is 3.81. The van der Waals surface area contributed by atoms with E-state index in [1.165, 1.54) is 5.56 Å². The molecule has 0 fully saturated rings. The van der Waals surface area contributed by atoms with Crippen molar-refractivity contribution < 1.29 is 0 Å². The van der Waals surface area contributed by atoms with Crippen LogP contribution in [0.15, 0.2) is 73.3 Å². The molecule has 5 heterocycles. The van der Waals surface area contributed by atoms with Crippen molar-refractivity contribution in [3.8, 4) is 33.9 Å². The van der Waals surface area contributed by atoms with Crippen LogP contribution in [0, 0.1) is 6.92 Å². The molecule has 6 aromatic rings. The van der Waals surface area contributed by atoms with Crippen LogP contribution >= 0.6 is 0 Å². The largest absolute Gasteiger partial charge is 0.335 e. The molecule has 0 saturated heterocycles. The standard InChI is InChI=1S/C24H17N7/c1-14-4-2-5-15(10-14)17-12-26-13-20-21(17)29-24(28-20)23-22-19(30-31-23)8-7-18(27-22)16-6-3-9-25-11-16/h2-13H,1H3,(H,28,29)(H,30,31). The van der Waals surface area contributed by atoms with Gasteiger partial charge in [-0.15, -0.1) is 0 Å². The van der Waals surface area contributed by atoms with E-state index in [2.05, 4.69) is 50.3 Å². The Kier molecular flexibility index (Phi) is 3.86. The topological polar surface area (TPSA) is 96.0 Å². The van der Waals surface area contributed by atoms with Crippen molar-refractivity contribution in [2.24, 2.45) is 0 Å². The summed E-state index contributed by atoms with van der Waals surface area (Å²) in [7, 11) is 0. The maximum absolute atomic E-state index is 4.88. The lowest BCUT2D eigenvalue weighted by molar-refractivity contribution is 1.10. The third kappa shape index (κ3) is 2.95. The van der Waals surface area contributed by atoms with Crippen LogP contribution in [0.5, 0.6) is 0 Å². The van der Waals surface area contributed by atoms with E-state index in [1.807, 2.05) is 36.5 Å². The summed E-state index contributed by atoms with van der Waals surface area (Å²) in [5.74, 6) is 0.652. The molecular formula is C24H17N7. The van der Waals surface area contributed by atoms with Gasteiger partial charge in [-0.3, -0.25) is 15.1 Å². The van der Waals surface area contributed by atoms with Gasteiger partial charge in [-0.2, -0.15) is 5.10 Å². The maximum atomic E-state index is 4.88. The zero-order valence-electron chi connectivity index (χ0n) is 16.7. The number of imidazole rings is 1. The van der Waals surface area contributed by atoms with Crippen molar-refractivity contribution in [1.29, 1.82) is 0 Å². The summed E-state index contributed by atoms with van der Waals surface area (Å²) in [6.07, 6.45) is 7.19. The lowest BCUT2D eigenvalue weighted by Crippen LogP contribution is -1.87. The number of aromatic amines is 2. The van der Waals surface area contributed by atoms with Crippen molar-refractivity contribution >= 4 is 22.1 Å². The molecule has 0 aliphatic rings. The van der Waals surface area contributed by atoms with E-state index in [9.17, 15) is 0 Å². The summed E-state index contributed by atoms with van der Waals surface area (Å²) in [6.45, 7) is 2.08. The van der Waals surface area contributed by atoms with Crippen molar-refractivity contribution in [1.82, 2.24) is 35.1 Å². The number of H-pyrrole nitrogens is 2. The number of aryl methyl sites for hydroxylation is 1. The Labute approximate surface area is 177 Å². The number of fused-ring (bicyclic) bond motifs is 2. The maximum Gasteiger partial charge on any atom is 0.161 e. The second kappa shape index (κ2) is 6.84. The molecule has 0 bridgehead atoms. The number of aromatic nitrogens is 7. The first-order chi connectivity index (χ1) is 15.3. The Bertz CT molecular complexity index is 1550. The number of hydrogen-bond acceptors (Lipinski definition) is 5. The molecule has 0 saturated carbocycles. The average molecular weight is 403 g/mol. The minimum absolute atomic E-state index is 0.652. The molecule has 0 spiro atoms. The summed E-state index contributed by atoms with van der Waals surface area (Å²) >= 11 is 0. The van der Waals surface area contributed by atoms with E-state index in [0.29, 0.717) is 11.5 Å². The Morgan fingerprint density at radius 1 is 0.774 bits per heavy atom. The van der Waals surface area contributed by atoms with Gasteiger partial charge < -0.3 is 4.98 Å². The van der Waals surface area contributed by atoms with Gasteiger partial charge in [-0.1, -0.05) is 29.8 Å². The highest BCUT2D eigenvalue weighted by Crippen LogP contribution is 2.31. The Morgan fingerprint density at radius 2 is 1.71 bits per heavy atom. The highest BCUT2D eigenvalue weighted by atomic mass is 15.1. The van der Waals surface area contributed by atoms with Gasteiger partial charge >= 0.3 is 0 Å². The van der Waals surface area contributed by atoms with Gasteiger partial charge in [0.15, 0.2) is 11.5 Å².